The Labute approximate surface area is 197 Å². The third-order valence-corrected chi connectivity index (χ3v) is 8.22. The number of carbonyl (C=O) groups is 1. The quantitative estimate of drug-likeness (QED) is 0.267. The zero-order valence-corrected chi connectivity index (χ0v) is 20.2. The average molecular weight is 530 g/mol. The van der Waals surface area contributed by atoms with Crippen LogP contribution in [-0.4, -0.2) is 52.8 Å². The summed E-state index contributed by atoms with van der Waals surface area (Å²) < 4.78 is 94.2. The standard InChI is InChI=1S/C20H30F3N3O6S2/c21-15-16(22)20(33(29,30)12-9-14(28)25-10-6-11-27)18(17(23)19(15)34(24,31)32)26-13-7-4-2-1-3-5-8-13/h13,26-27H,1-12H2,(H,25,28)(H2,24,31,32). The van der Waals surface area contributed by atoms with E-state index in [1.807, 2.05) is 0 Å². The molecule has 0 unspecified atom stereocenters. The van der Waals surface area contributed by atoms with Gasteiger partial charge in [-0.05, 0) is 19.3 Å². The number of nitrogens with two attached hydrogens (primary N) is 1. The predicted octanol–water partition coefficient (Wildman–Crippen LogP) is 1.94. The maximum absolute atomic E-state index is 15.2. The van der Waals surface area contributed by atoms with Gasteiger partial charge in [0.1, 0.15) is 4.90 Å². The highest BCUT2D eigenvalue weighted by molar-refractivity contribution is 7.91. The van der Waals surface area contributed by atoms with Gasteiger partial charge < -0.3 is 15.7 Å². The Hall–Kier alpha value is -1.90. The summed E-state index contributed by atoms with van der Waals surface area (Å²) in [6, 6.07) is -0.510. The van der Waals surface area contributed by atoms with Crippen LogP contribution in [0.3, 0.4) is 0 Å². The normalized spacial score (nSPS) is 16.0. The van der Waals surface area contributed by atoms with E-state index in [1.54, 1.807) is 0 Å². The van der Waals surface area contributed by atoms with Gasteiger partial charge in [-0.2, -0.15) is 0 Å². The molecule has 0 saturated heterocycles. The first-order valence-corrected chi connectivity index (χ1v) is 14.2. The molecular formula is C20H30F3N3O6S2. The van der Waals surface area contributed by atoms with E-state index in [2.05, 4.69) is 10.6 Å². The van der Waals surface area contributed by atoms with Crippen LogP contribution in [0.2, 0.25) is 0 Å². The van der Waals surface area contributed by atoms with Gasteiger partial charge in [0.15, 0.2) is 32.2 Å². The number of primary sulfonamides is 1. The van der Waals surface area contributed by atoms with Crippen molar-refractivity contribution in [2.24, 2.45) is 5.14 Å². The number of sulfonamides is 1. The number of sulfone groups is 1. The molecule has 1 saturated carbocycles. The number of nitrogens with one attached hydrogen (secondary N) is 2. The van der Waals surface area contributed by atoms with E-state index in [9.17, 15) is 30.4 Å². The number of rotatable bonds is 10. The SMILES string of the molecule is NS(=O)(=O)c1c(F)c(F)c(S(=O)(=O)CCC(=O)NCCCO)c(NC2CCCCCCC2)c1F. The van der Waals surface area contributed by atoms with Gasteiger partial charge in [-0.1, -0.05) is 32.1 Å². The van der Waals surface area contributed by atoms with Gasteiger partial charge in [0, 0.05) is 25.6 Å². The molecule has 1 fully saturated rings. The summed E-state index contributed by atoms with van der Waals surface area (Å²) in [6.45, 7) is -0.126. The van der Waals surface area contributed by atoms with E-state index in [4.69, 9.17) is 10.2 Å². The zero-order valence-electron chi connectivity index (χ0n) is 18.6. The summed E-state index contributed by atoms with van der Waals surface area (Å²) in [5, 5.41) is 18.5. The van der Waals surface area contributed by atoms with E-state index in [0.29, 0.717) is 12.8 Å². The van der Waals surface area contributed by atoms with Crippen molar-refractivity contribution in [2.45, 2.75) is 73.6 Å². The Bertz CT molecular complexity index is 1090. The van der Waals surface area contributed by atoms with E-state index >= 15 is 4.39 Å². The van der Waals surface area contributed by atoms with Crippen molar-refractivity contribution >= 4 is 31.5 Å². The summed E-state index contributed by atoms with van der Waals surface area (Å²) in [4.78, 5) is 8.72. The molecule has 1 aromatic rings. The number of aliphatic hydroxyl groups excluding tert-OH is 1. The molecule has 0 aliphatic heterocycles. The zero-order chi connectivity index (χ0) is 25.5. The van der Waals surface area contributed by atoms with Crippen LogP contribution in [0.1, 0.15) is 57.8 Å². The molecule has 1 amide bonds. The topological polar surface area (TPSA) is 156 Å². The van der Waals surface area contributed by atoms with E-state index in [1.165, 1.54) is 0 Å². The molecule has 2 rings (SSSR count). The number of benzene rings is 1. The molecule has 1 aliphatic carbocycles. The maximum Gasteiger partial charge on any atom is 0.244 e. The molecule has 0 bridgehead atoms. The predicted molar refractivity (Wildman–Crippen MR) is 119 cm³/mol. The van der Waals surface area contributed by atoms with Gasteiger partial charge in [-0.3, -0.25) is 4.79 Å². The second-order valence-corrected chi connectivity index (χ2v) is 11.7. The van der Waals surface area contributed by atoms with E-state index < -0.39 is 76.9 Å². The van der Waals surface area contributed by atoms with Crippen LogP contribution in [0.4, 0.5) is 18.9 Å². The Morgan fingerprint density at radius 3 is 2.06 bits per heavy atom. The van der Waals surface area contributed by atoms with Crippen molar-refractivity contribution in [3.8, 4) is 0 Å². The van der Waals surface area contributed by atoms with Crippen LogP contribution in [-0.2, 0) is 24.7 Å². The van der Waals surface area contributed by atoms with E-state index in [-0.39, 0.29) is 19.6 Å². The third kappa shape index (κ3) is 7.30. The molecule has 0 spiro atoms. The molecule has 34 heavy (non-hydrogen) atoms. The second kappa shape index (κ2) is 12.2. The van der Waals surface area contributed by atoms with Crippen molar-refractivity contribution in [1.29, 1.82) is 0 Å². The largest absolute Gasteiger partial charge is 0.396 e. The minimum atomic E-state index is -5.07. The van der Waals surface area contributed by atoms with Gasteiger partial charge in [-0.25, -0.2) is 35.1 Å². The highest BCUT2D eigenvalue weighted by Gasteiger charge is 2.37. The first-order chi connectivity index (χ1) is 15.9. The molecule has 0 atom stereocenters. The lowest BCUT2D eigenvalue weighted by Gasteiger charge is -2.25. The van der Waals surface area contributed by atoms with Gasteiger partial charge in [0.25, 0.3) is 0 Å². The summed E-state index contributed by atoms with van der Waals surface area (Å²) in [7, 11) is -9.86. The van der Waals surface area contributed by atoms with Crippen molar-refractivity contribution in [2.75, 3.05) is 24.2 Å². The molecule has 1 aromatic carbocycles. The minimum absolute atomic E-state index is 0.0739. The second-order valence-electron chi connectivity index (χ2n) is 8.20. The number of halogens is 3. The van der Waals surface area contributed by atoms with Gasteiger partial charge in [0.05, 0.1) is 11.4 Å². The number of carbonyl (C=O) groups excluding carboxylic acids is 1. The minimum Gasteiger partial charge on any atom is -0.396 e. The monoisotopic (exact) mass is 529 g/mol. The fraction of sp³-hybridized carbons (Fsp3) is 0.650. The summed E-state index contributed by atoms with van der Waals surface area (Å²) in [5.41, 5.74) is -1.01. The number of hydrogen-bond acceptors (Lipinski definition) is 7. The molecular weight excluding hydrogens is 499 g/mol. The number of hydrogen-bond donors (Lipinski definition) is 4. The van der Waals surface area contributed by atoms with Crippen LogP contribution in [0, 0.1) is 17.5 Å². The van der Waals surface area contributed by atoms with Crippen LogP contribution >= 0.6 is 0 Å². The molecule has 194 valence electrons. The fourth-order valence-corrected chi connectivity index (χ4v) is 5.99. The molecule has 5 N–H and O–H groups in total. The number of anilines is 1. The van der Waals surface area contributed by atoms with Crippen LogP contribution in [0.5, 0.6) is 0 Å². The van der Waals surface area contributed by atoms with Gasteiger partial charge >= 0.3 is 0 Å². The smallest absolute Gasteiger partial charge is 0.244 e. The van der Waals surface area contributed by atoms with E-state index in [0.717, 1.165) is 32.1 Å². The average Bonchev–Trinajstić information content (AvgIpc) is 2.71. The van der Waals surface area contributed by atoms with Crippen molar-refractivity contribution in [3.05, 3.63) is 17.5 Å². The fourth-order valence-electron chi connectivity index (χ4n) is 3.82. The van der Waals surface area contributed by atoms with Gasteiger partial charge in [-0.15, -0.1) is 0 Å². The van der Waals surface area contributed by atoms with Crippen molar-refractivity contribution in [1.82, 2.24) is 5.32 Å². The van der Waals surface area contributed by atoms with Crippen molar-refractivity contribution < 1.29 is 39.9 Å². The lowest BCUT2D eigenvalue weighted by atomic mass is 9.96. The van der Waals surface area contributed by atoms with Gasteiger partial charge in [0.2, 0.25) is 15.9 Å². The molecule has 0 heterocycles. The number of amides is 1. The highest BCUT2D eigenvalue weighted by atomic mass is 32.2. The van der Waals surface area contributed by atoms with Crippen LogP contribution in [0.15, 0.2) is 9.79 Å². The summed E-state index contributed by atoms with van der Waals surface area (Å²) in [6.07, 6.45) is 4.77. The highest BCUT2D eigenvalue weighted by Crippen LogP contribution is 2.37. The van der Waals surface area contributed by atoms with Crippen LogP contribution < -0.4 is 15.8 Å². The first kappa shape index (κ1) is 28.3. The van der Waals surface area contributed by atoms with Crippen LogP contribution in [0.25, 0.3) is 0 Å². The molecule has 14 heteroatoms. The Balaban J connectivity index is 2.51. The third-order valence-electron chi connectivity index (χ3n) is 5.54. The number of aliphatic hydroxyl groups is 1. The Morgan fingerprint density at radius 2 is 1.50 bits per heavy atom. The molecule has 1 aliphatic rings. The summed E-state index contributed by atoms with van der Waals surface area (Å²) >= 11 is 0. The first-order valence-electron chi connectivity index (χ1n) is 11.0. The maximum atomic E-state index is 15.2. The Kier molecular flexibility index (Phi) is 10.2. The molecule has 0 aromatic heterocycles. The molecule has 0 radical (unpaired) electrons. The Morgan fingerprint density at radius 1 is 0.941 bits per heavy atom. The lowest BCUT2D eigenvalue weighted by Crippen LogP contribution is -2.29. The summed E-state index contributed by atoms with van der Waals surface area (Å²) in [5.74, 6) is -7.86. The lowest BCUT2D eigenvalue weighted by molar-refractivity contribution is -0.120. The molecule has 9 nitrogen and oxygen atoms in total. The van der Waals surface area contributed by atoms with Crippen molar-refractivity contribution in [3.63, 3.8) is 0 Å².